The first-order chi connectivity index (χ1) is 6.74. The molecule has 1 unspecified atom stereocenters. The molecule has 0 saturated heterocycles. The van der Waals surface area contributed by atoms with Crippen LogP contribution in [0.5, 0.6) is 0 Å². The molecule has 0 aromatic carbocycles. The van der Waals surface area contributed by atoms with Crippen LogP contribution in [0.15, 0.2) is 0 Å². The van der Waals surface area contributed by atoms with Crippen molar-refractivity contribution in [1.29, 1.82) is 0 Å². The van der Waals surface area contributed by atoms with Crippen molar-refractivity contribution in [1.82, 2.24) is 5.32 Å². The molecule has 0 heterocycles. The van der Waals surface area contributed by atoms with E-state index in [0.717, 1.165) is 19.1 Å². The van der Waals surface area contributed by atoms with Crippen molar-refractivity contribution in [3.05, 3.63) is 0 Å². The fourth-order valence-corrected chi connectivity index (χ4v) is 1.92. The number of methoxy groups -OCH3 is 1. The Bertz CT molecular complexity index is 143. The van der Waals surface area contributed by atoms with Gasteiger partial charge in [-0.15, -0.1) is 0 Å². The molecule has 0 aliphatic heterocycles. The van der Waals surface area contributed by atoms with Crippen LogP contribution in [0.3, 0.4) is 0 Å². The Hall–Kier alpha value is -0.0800. The summed E-state index contributed by atoms with van der Waals surface area (Å²) in [6.07, 6.45) is 5.72. The van der Waals surface area contributed by atoms with Gasteiger partial charge in [0.2, 0.25) is 0 Å². The van der Waals surface area contributed by atoms with Crippen LogP contribution in [0.1, 0.15) is 39.5 Å². The minimum absolute atomic E-state index is 0.528. The fourth-order valence-electron chi connectivity index (χ4n) is 1.92. The Morgan fingerprint density at radius 3 is 2.50 bits per heavy atom. The van der Waals surface area contributed by atoms with Crippen LogP contribution in [0.25, 0.3) is 0 Å². The Labute approximate surface area is 88.4 Å². The number of hydrogen-bond donors (Lipinski definition) is 1. The van der Waals surface area contributed by atoms with Crippen molar-refractivity contribution in [3.63, 3.8) is 0 Å². The molecule has 0 radical (unpaired) electrons. The maximum atomic E-state index is 5.20. The number of rotatable bonds is 7. The molecule has 0 spiro atoms. The third kappa shape index (κ3) is 3.97. The van der Waals surface area contributed by atoms with Crippen molar-refractivity contribution in [2.45, 2.75) is 45.6 Å². The van der Waals surface area contributed by atoms with Crippen LogP contribution in [-0.2, 0) is 4.74 Å². The lowest BCUT2D eigenvalue weighted by molar-refractivity contribution is 0.144. The van der Waals surface area contributed by atoms with Crippen molar-refractivity contribution >= 4 is 0 Å². The van der Waals surface area contributed by atoms with E-state index in [-0.39, 0.29) is 0 Å². The molecule has 1 fully saturated rings. The van der Waals surface area contributed by atoms with Gasteiger partial charge in [0.15, 0.2) is 0 Å². The molecule has 2 heteroatoms. The summed E-state index contributed by atoms with van der Waals surface area (Å²) in [6, 6.07) is 0.528. The van der Waals surface area contributed by atoms with Crippen LogP contribution < -0.4 is 5.32 Å². The first kappa shape index (κ1) is 12.0. The minimum atomic E-state index is 0.528. The summed E-state index contributed by atoms with van der Waals surface area (Å²) in [5.74, 6) is 1.68. The van der Waals surface area contributed by atoms with E-state index in [1.807, 2.05) is 0 Å². The van der Waals surface area contributed by atoms with Gasteiger partial charge in [0.25, 0.3) is 0 Å². The lowest BCUT2D eigenvalue weighted by Crippen LogP contribution is -2.39. The molecule has 0 bridgehead atoms. The van der Waals surface area contributed by atoms with Crippen LogP contribution in [0.2, 0.25) is 0 Å². The zero-order chi connectivity index (χ0) is 10.4. The van der Waals surface area contributed by atoms with E-state index in [0.29, 0.717) is 12.0 Å². The fraction of sp³-hybridized carbons (Fsp3) is 1.00. The molecule has 1 rings (SSSR count). The van der Waals surface area contributed by atoms with Gasteiger partial charge in [0, 0.05) is 13.2 Å². The molecule has 2 nitrogen and oxygen atoms in total. The van der Waals surface area contributed by atoms with Gasteiger partial charge >= 0.3 is 0 Å². The van der Waals surface area contributed by atoms with E-state index in [4.69, 9.17) is 4.74 Å². The summed E-state index contributed by atoms with van der Waals surface area (Å²) in [5.41, 5.74) is 0. The molecular formula is C12H25NO. The predicted molar refractivity (Wildman–Crippen MR) is 60.5 cm³/mol. The zero-order valence-corrected chi connectivity index (χ0v) is 9.88. The maximum absolute atomic E-state index is 5.20. The Morgan fingerprint density at radius 1 is 1.36 bits per heavy atom. The van der Waals surface area contributed by atoms with Gasteiger partial charge < -0.3 is 10.1 Å². The summed E-state index contributed by atoms with van der Waals surface area (Å²) in [4.78, 5) is 0. The summed E-state index contributed by atoms with van der Waals surface area (Å²) in [7, 11) is 1.78. The number of hydrogen-bond acceptors (Lipinski definition) is 2. The van der Waals surface area contributed by atoms with Crippen LogP contribution in [0.4, 0.5) is 0 Å². The zero-order valence-electron chi connectivity index (χ0n) is 9.88. The lowest BCUT2D eigenvalue weighted by Gasteiger charge is -2.27. The Morgan fingerprint density at radius 2 is 2.07 bits per heavy atom. The highest BCUT2D eigenvalue weighted by Gasteiger charge is 2.18. The summed E-state index contributed by atoms with van der Waals surface area (Å²) < 4.78 is 5.20. The van der Waals surface area contributed by atoms with Crippen molar-refractivity contribution in [3.8, 4) is 0 Å². The summed E-state index contributed by atoms with van der Waals surface area (Å²) in [5, 5.41) is 3.59. The molecule has 0 aromatic rings. The van der Waals surface area contributed by atoms with E-state index < -0.39 is 0 Å². The van der Waals surface area contributed by atoms with Gasteiger partial charge in [0.05, 0.1) is 6.61 Å². The molecule has 0 amide bonds. The maximum Gasteiger partial charge on any atom is 0.0618 e. The Balaban J connectivity index is 2.05. The van der Waals surface area contributed by atoms with Gasteiger partial charge in [0.1, 0.15) is 0 Å². The topological polar surface area (TPSA) is 21.3 Å². The highest BCUT2D eigenvalue weighted by atomic mass is 16.5. The quantitative estimate of drug-likeness (QED) is 0.680. The molecular weight excluding hydrogens is 174 g/mol. The molecule has 1 N–H and O–H groups in total. The third-order valence-electron chi connectivity index (χ3n) is 3.33. The SMILES string of the molecule is COCC(NCCC1CCC1)C(C)C. The van der Waals surface area contributed by atoms with Crippen molar-refractivity contribution in [2.75, 3.05) is 20.3 Å². The summed E-state index contributed by atoms with van der Waals surface area (Å²) in [6.45, 7) is 6.50. The van der Waals surface area contributed by atoms with Crippen LogP contribution >= 0.6 is 0 Å². The monoisotopic (exact) mass is 199 g/mol. The molecule has 1 saturated carbocycles. The van der Waals surface area contributed by atoms with Crippen molar-refractivity contribution in [2.24, 2.45) is 11.8 Å². The normalized spacial score (nSPS) is 19.7. The van der Waals surface area contributed by atoms with Crippen molar-refractivity contribution < 1.29 is 4.74 Å². The smallest absolute Gasteiger partial charge is 0.0618 e. The van der Waals surface area contributed by atoms with Crippen LogP contribution in [0, 0.1) is 11.8 Å². The first-order valence-corrected chi connectivity index (χ1v) is 5.96. The summed E-state index contributed by atoms with van der Waals surface area (Å²) >= 11 is 0. The van der Waals surface area contributed by atoms with Gasteiger partial charge in [-0.3, -0.25) is 0 Å². The molecule has 1 aliphatic carbocycles. The first-order valence-electron chi connectivity index (χ1n) is 5.96. The lowest BCUT2D eigenvalue weighted by atomic mass is 9.83. The number of nitrogens with one attached hydrogen (secondary N) is 1. The van der Waals surface area contributed by atoms with Crippen LogP contribution in [-0.4, -0.2) is 26.3 Å². The molecule has 84 valence electrons. The molecule has 1 atom stereocenters. The second-order valence-corrected chi connectivity index (χ2v) is 4.85. The predicted octanol–water partition coefficient (Wildman–Crippen LogP) is 2.44. The average molecular weight is 199 g/mol. The van der Waals surface area contributed by atoms with Gasteiger partial charge in [-0.2, -0.15) is 0 Å². The van der Waals surface area contributed by atoms with Gasteiger partial charge in [-0.1, -0.05) is 33.1 Å². The standard InChI is InChI=1S/C12H25NO/c1-10(2)12(9-14-3)13-8-7-11-5-4-6-11/h10-13H,4-9H2,1-3H3. The van der Waals surface area contributed by atoms with Gasteiger partial charge in [-0.25, -0.2) is 0 Å². The van der Waals surface area contributed by atoms with Gasteiger partial charge in [-0.05, 0) is 24.8 Å². The minimum Gasteiger partial charge on any atom is -0.383 e. The highest BCUT2D eigenvalue weighted by Crippen LogP contribution is 2.28. The van der Waals surface area contributed by atoms with E-state index >= 15 is 0 Å². The molecule has 0 aromatic heterocycles. The second kappa shape index (κ2) is 6.41. The molecule has 1 aliphatic rings. The average Bonchev–Trinajstić information content (AvgIpc) is 2.06. The second-order valence-electron chi connectivity index (χ2n) is 4.85. The number of ether oxygens (including phenoxy) is 1. The van der Waals surface area contributed by atoms with E-state index in [1.165, 1.54) is 25.7 Å². The Kier molecular flexibility index (Phi) is 5.49. The largest absolute Gasteiger partial charge is 0.383 e. The third-order valence-corrected chi connectivity index (χ3v) is 3.33. The molecule has 14 heavy (non-hydrogen) atoms. The van der Waals surface area contributed by atoms with E-state index in [2.05, 4.69) is 19.2 Å². The van der Waals surface area contributed by atoms with E-state index in [1.54, 1.807) is 7.11 Å². The highest BCUT2D eigenvalue weighted by molar-refractivity contribution is 4.74. The van der Waals surface area contributed by atoms with E-state index in [9.17, 15) is 0 Å².